The summed E-state index contributed by atoms with van der Waals surface area (Å²) in [5, 5.41) is 7.73. The van der Waals surface area contributed by atoms with Gasteiger partial charge in [0, 0.05) is 25.0 Å². The molecule has 1 N–H and O–H groups in total. The number of aromatic nitrogens is 2. The van der Waals surface area contributed by atoms with E-state index in [4.69, 9.17) is 0 Å². The van der Waals surface area contributed by atoms with Crippen molar-refractivity contribution in [1.29, 1.82) is 0 Å². The highest BCUT2D eigenvalue weighted by Gasteiger charge is 2.11. The molecular formula is C10H17N3. The van der Waals surface area contributed by atoms with E-state index in [1.54, 1.807) is 0 Å². The van der Waals surface area contributed by atoms with Gasteiger partial charge in [-0.2, -0.15) is 5.10 Å². The zero-order valence-corrected chi connectivity index (χ0v) is 7.95. The van der Waals surface area contributed by atoms with Crippen molar-refractivity contribution in [2.45, 2.75) is 38.3 Å². The van der Waals surface area contributed by atoms with Crippen LogP contribution in [0, 0.1) is 0 Å². The number of hydrogen-bond donors (Lipinski definition) is 1. The molecule has 72 valence electrons. The zero-order valence-electron chi connectivity index (χ0n) is 7.95. The van der Waals surface area contributed by atoms with Gasteiger partial charge in [0.15, 0.2) is 0 Å². The van der Waals surface area contributed by atoms with Crippen LogP contribution in [0.5, 0.6) is 0 Å². The lowest BCUT2D eigenvalue weighted by Gasteiger charge is -2.23. The smallest absolute Gasteiger partial charge is 0.0489 e. The summed E-state index contributed by atoms with van der Waals surface area (Å²) in [4.78, 5) is 0. The molecule has 0 unspecified atom stereocenters. The summed E-state index contributed by atoms with van der Waals surface area (Å²) in [7, 11) is 0. The standard InChI is InChI=1S/C10H17N3/c1-2-6-11-10(4-1)5-9-13-8-3-7-12-13/h3,7-8,10-11H,1-2,4-6,9H2/t10-/m0/s1. The highest BCUT2D eigenvalue weighted by atomic mass is 15.3. The van der Waals surface area contributed by atoms with E-state index < -0.39 is 0 Å². The predicted octanol–water partition coefficient (Wildman–Crippen LogP) is 1.42. The molecule has 2 heterocycles. The first-order valence-electron chi connectivity index (χ1n) is 5.16. The predicted molar refractivity (Wildman–Crippen MR) is 52.5 cm³/mol. The Hall–Kier alpha value is -0.830. The number of aryl methyl sites for hydroxylation is 1. The number of hydrogen-bond acceptors (Lipinski definition) is 2. The Morgan fingerprint density at radius 2 is 2.46 bits per heavy atom. The second kappa shape index (κ2) is 4.42. The third-order valence-corrected chi connectivity index (χ3v) is 2.68. The molecule has 13 heavy (non-hydrogen) atoms. The molecule has 1 aromatic heterocycles. The minimum Gasteiger partial charge on any atom is -0.314 e. The van der Waals surface area contributed by atoms with Gasteiger partial charge in [-0.3, -0.25) is 4.68 Å². The normalized spacial score (nSPS) is 23.2. The molecule has 0 aromatic carbocycles. The monoisotopic (exact) mass is 179 g/mol. The van der Waals surface area contributed by atoms with Gasteiger partial charge in [0.05, 0.1) is 0 Å². The Kier molecular flexibility index (Phi) is 2.98. The van der Waals surface area contributed by atoms with Gasteiger partial charge in [0.2, 0.25) is 0 Å². The molecule has 0 amide bonds. The summed E-state index contributed by atoms with van der Waals surface area (Å²) in [6, 6.07) is 2.70. The van der Waals surface area contributed by atoms with Gasteiger partial charge in [-0.25, -0.2) is 0 Å². The molecule has 1 fully saturated rings. The molecule has 1 atom stereocenters. The highest BCUT2D eigenvalue weighted by molar-refractivity contribution is 4.79. The van der Waals surface area contributed by atoms with Gasteiger partial charge in [-0.1, -0.05) is 6.42 Å². The van der Waals surface area contributed by atoms with Crippen LogP contribution in [0.2, 0.25) is 0 Å². The minimum absolute atomic E-state index is 0.720. The average molecular weight is 179 g/mol. The Bertz CT molecular complexity index is 224. The van der Waals surface area contributed by atoms with E-state index in [1.807, 2.05) is 23.1 Å². The van der Waals surface area contributed by atoms with Crippen LogP contribution in [0.4, 0.5) is 0 Å². The molecule has 0 spiro atoms. The van der Waals surface area contributed by atoms with Crippen molar-refractivity contribution in [3.05, 3.63) is 18.5 Å². The molecule has 1 aromatic rings. The fourth-order valence-corrected chi connectivity index (χ4v) is 1.89. The minimum atomic E-state index is 0.720. The Morgan fingerprint density at radius 3 is 3.15 bits per heavy atom. The van der Waals surface area contributed by atoms with Crippen molar-refractivity contribution in [2.24, 2.45) is 0 Å². The zero-order chi connectivity index (χ0) is 8.93. The Morgan fingerprint density at radius 1 is 1.46 bits per heavy atom. The number of rotatable bonds is 3. The van der Waals surface area contributed by atoms with Crippen molar-refractivity contribution in [3.8, 4) is 0 Å². The molecule has 1 aliphatic rings. The van der Waals surface area contributed by atoms with Crippen molar-refractivity contribution in [1.82, 2.24) is 15.1 Å². The van der Waals surface area contributed by atoms with Crippen molar-refractivity contribution in [2.75, 3.05) is 6.54 Å². The second-order valence-corrected chi connectivity index (χ2v) is 3.70. The fourth-order valence-electron chi connectivity index (χ4n) is 1.89. The molecule has 0 bridgehead atoms. The maximum atomic E-state index is 4.19. The second-order valence-electron chi connectivity index (χ2n) is 3.70. The van der Waals surface area contributed by atoms with E-state index in [2.05, 4.69) is 10.4 Å². The molecule has 1 saturated heterocycles. The third-order valence-electron chi connectivity index (χ3n) is 2.68. The summed E-state index contributed by atoms with van der Waals surface area (Å²) < 4.78 is 2.01. The van der Waals surface area contributed by atoms with Crippen LogP contribution in [0.3, 0.4) is 0 Å². The largest absolute Gasteiger partial charge is 0.314 e. The van der Waals surface area contributed by atoms with E-state index in [1.165, 1.54) is 32.2 Å². The van der Waals surface area contributed by atoms with Crippen molar-refractivity contribution < 1.29 is 0 Å². The third kappa shape index (κ3) is 2.56. The van der Waals surface area contributed by atoms with E-state index in [0.29, 0.717) is 0 Å². The number of piperidine rings is 1. The number of nitrogens with one attached hydrogen (secondary N) is 1. The molecule has 0 aliphatic carbocycles. The molecule has 0 saturated carbocycles. The summed E-state index contributed by atoms with van der Waals surface area (Å²) >= 11 is 0. The van der Waals surface area contributed by atoms with Gasteiger partial charge >= 0.3 is 0 Å². The quantitative estimate of drug-likeness (QED) is 0.760. The maximum absolute atomic E-state index is 4.19. The summed E-state index contributed by atoms with van der Waals surface area (Å²) in [5.74, 6) is 0. The lowest BCUT2D eigenvalue weighted by atomic mass is 10.0. The molecular weight excluding hydrogens is 162 g/mol. The van der Waals surface area contributed by atoms with E-state index in [9.17, 15) is 0 Å². The van der Waals surface area contributed by atoms with Crippen LogP contribution in [-0.4, -0.2) is 22.4 Å². The highest BCUT2D eigenvalue weighted by Crippen LogP contribution is 2.10. The van der Waals surface area contributed by atoms with Crippen LogP contribution < -0.4 is 5.32 Å². The molecule has 0 radical (unpaired) electrons. The van der Waals surface area contributed by atoms with Gasteiger partial charge in [0.25, 0.3) is 0 Å². The summed E-state index contributed by atoms with van der Waals surface area (Å²) in [6.07, 6.45) is 9.15. The molecule has 3 heteroatoms. The Labute approximate surface area is 79.1 Å². The SMILES string of the molecule is c1cnn(CC[C@@H]2CCCCN2)c1. The van der Waals surface area contributed by atoms with E-state index in [-0.39, 0.29) is 0 Å². The van der Waals surface area contributed by atoms with Gasteiger partial charge < -0.3 is 5.32 Å². The lowest BCUT2D eigenvalue weighted by molar-refractivity contribution is 0.360. The first-order chi connectivity index (χ1) is 6.45. The fraction of sp³-hybridized carbons (Fsp3) is 0.700. The van der Waals surface area contributed by atoms with Crippen molar-refractivity contribution in [3.63, 3.8) is 0 Å². The van der Waals surface area contributed by atoms with Crippen LogP contribution in [0.15, 0.2) is 18.5 Å². The Balaban J connectivity index is 1.72. The van der Waals surface area contributed by atoms with Crippen LogP contribution in [0.1, 0.15) is 25.7 Å². The van der Waals surface area contributed by atoms with Crippen LogP contribution in [-0.2, 0) is 6.54 Å². The molecule has 2 rings (SSSR count). The van der Waals surface area contributed by atoms with E-state index >= 15 is 0 Å². The van der Waals surface area contributed by atoms with Gasteiger partial charge in [-0.15, -0.1) is 0 Å². The number of nitrogens with zero attached hydrogens (tertiary/aromatic N) is 2. The van der Waals surface area contributed by atoms with E-state index in [0.717, 1.165) is 12.6 Å². The van der Waals surface area contributed by atoms with Gasteiger partial charge in [0.1, 0.15) is 0 Å². The molecule has 3 nitrogen and oxygen atoms in total. The molecule has 1 aliphatic heterocycles. The first kappa shape index (κ1) is 8.75. The topological polar surface area (TPSA) is 29.9 Å². The van der Waals surface area contributed by atoms with Crippen LogP contribution in [0.25, 0.3) is 0 Å². The summed E-state index contributed by atoms with van der Waals surface area (Å²) in [5.41, 5.74) is 0. The van der Waals surface area contributed by atoms with Crippen LogP contribution >= 0.6 is 0 Å². The first-order valence-corrected chi connectivity index (χ1v) is 5.16. The van der Waals surface area contributed by atoms with Gasteiger partial charge in [-0.05, 0) is 31.9 Å². The lowest BCUT2D eigenvalue weighted by Crippen LogP contribution is -2.34. The summed E-state index contributed by atoms with van der Waals surface area (Å²) in [6.45, 7) is 2.24. The average Bonchev–Trinajstić information content (AvgIpc) is 2.69. The van der Waals surface area contributed by atoms with Crippen molar-refractivity contribution >= 4 is 0 Å². The maximum Gasteiger partial charge on any atom is 0.0489 e.